The number of amides is 2. The second kappa shape index (κ2) is 7.52. The van der Waals surface area contributed by atoms with Crippen molar-refractivity contribution in [3.63, 3.8) is 0 Å². The lowest BCUT2D eigenvalue weighted by Crippen LogP contribution is -2.31. The third-order valence-corrected chi connectivity index (χ3v) is 5.88. The summed E-state index contributed by atoms with van der Waals surface area (Å²) in [4.78, 5) is 30.3. The van der Waals surface area contributed by atoms with Gasteiger partial charge in [-0.3, -0.25) is 9.59 Å². The minimum atomic E-state index is -0.381. The molecule has 28 heavy (non-hydrogen) atoms. The molecule has 0 aliphatic carbocycles. The topological polar surface area (TPSA) is 76.0 Å². The summed E-state index contributed by atoms with van der Waals surface area (Å²) >= 11 is 1.49. The van der Waals surface area contributed by atoms with Gasteiger partial charge < -0.3 is 15.2 Å². The number of carbonyl (C=O) groups is 2. The molecule has 2 amide bonds. The van der Waals surface area contributed by atoms with E-state index in [0.29, 0.717) is 11.3 Å². The van der Waals surface area contributed by atoms with Gasteiger partial charge in [0.2, 0.25) is 5.91 Å². The molecular weight excluding hydrogens is 372 g/mol. The van der Waals surface area contributed by atoms with Crippen LogP contribution in [0.2, 0.25) is 0 Å². The third kappa shape index (κ3) is 3.53. The van der Waals surface area contributed by atoms with E-state index < -0.39 is 0 Å². The van der Waals surface area contributed by atoms with Gasteiger partial charge in [0, 0.05) is 29.9 Å². The van der Waals surface area contributed by atoms with Gasteiger partial charge in [-0.1, -0.05) is 30.3 Å². The molecule has 2 aromatic carbocycles. The minimum Gasteiger partial charge on any atom is -0.338 e. The van der Waals surface area contributed by atoms with Crippen molar-refractivity contribution in [2.24, 2.45) is 7.05 Å². The summed E-state index contributed by atoms with van der Waals surface area (Å²) < 4.78 is 1.89. The molecule has 0 unspecified atom stereocenters. The van der Waals surface area contributed by atoms with Gasteiger partial charge in [-0.25, -0.2) is 4.98 Å². The number of fused-ring (bicyclic) bond motifs is 1. The van der Waals surface area contributed by atoms with E-state index in [-0.39, 0.29) is 23.1 Å². The van der Waals surface area contributed by atoms with Crippen molar-refractivity contribution in [3.05, 3.63) is 77.9 Å². The highest BCUT2D eigenvalue weighted by atomic mass is 32.2. The summed E-state index contributed by atoms with van der Waals surface area (Å²) in [7, 11) is 1.90. The van der Waals surface area contributed by atoms with Gasteiger partial charge in [0.25, 0.3) is 5.91 Å². The van der Waals surface area contributed by atoms with Crippen LogP contribution in [0, 0.1) is 0 Å². The lowest BCUT2D eigenvalue weighted by atomic mass is 10.1. The first kappa shape index (κ1) is 18.3. The lowest BCUT2D eigenvalue weighted by molar-refractivity contribution is -0.115. The van der Waals surface area contributed by atoms with E-state index in [1.165, 1.54) is 11.8 Å². The highest BCUT2D eigenvalue weighted by Crippen LogP contribution is 2.36. The van der Waals surface area contributed by atoms with Crippen molar-refractivity contribution < 1.29 is 9.59 Å². The molecule has 3 aromatic rings. The number of hydrogen-bond acceptors (Lipinski definition) is 4. The number of rotatable bonds is 4. The zero-order valence-corrected chi connectivity index (χ0v) is 16.4. The van der Waals surface area contributed by atoms with Crippen LogP contribution in [0.3, 0.4) is 0 Å². The van der Waals surface area contributed by atoms with Crippen LogP contribution < -0.4 is 10.6 Å². The van der Waals surface area contributed by atoms with E-state index in [2.05, 4.69) is 15.6 Å². The number of anilines is 1. The fraction of sp³-hybridized carbons (Fsp3) is 0.190. The number of thioether (sulfide) groups is 1. The summed E-state index contributed by atoms with van der Waals surface area (Å²) in [6, 6.07) is 14.7. The number of nitrogens with one attached hydrogen (secondary N) is 2. The van der Waals surface area contributed by atoms with Gasteiger partial charge >= 0.3 is 0 Å². The Morgan fingerprint density at radius 1 is 1.25 bits per heavy atom. The third-order valence-electron chi connectivity index (χ3n) is 4.70. The monoisotopic (exact) mass is 392 g/mol. The van der Waals surface area contributed by atoms with Crippen molar-refractivity contribution >= 4 is 29.3 Å². The van der Waals surface area contributed by atoms with Crippen molar-refractivity contribution in [1.82, 2.24) is 14.9 Å². The minimum absolute atomic E-state index is 0.0507. The standard InChI is InChI=1S/C21H20N4O2S/c1-13-20(26)23-16-12-15(8-9-17(16)28-13)21(27)24-18(14-6-4-3-5-7-14)19-22-10-11-25(19)2/h3-13,18H,1-2H3,(H,23,26)(H,24,27)/t13-,18+/m1/s1. The van der Waals surface area contributed by atoms with Gasteiger partial charge in [0.15, 0.2) is 0 Å². The van der Waals surface area contributed by atoms with E-state index in [4.69, 9.17) is 0 Å². The van der Waals surface area contributed by atoms with Gasteiger partial charge in [0.05, 0.1) is 10.9 Å². The van der Waals surface area contributed by atoms with Crippen LogP contribution in [0.1, 0.15) is 34.7 Å². The molecule has 1 aliphatic heterocycles. The van der Waals surface area contributed by atoms with Gasteiger partial charge in [0.1, 0.15) is 11.9 Å². The number of carbonyl (C=O) groups excluding carboxylic acids is 2. The van der Waals surface area contributed by atoms with Crippen molar-refractivity contribution in [2.45, 2.75) is 23.1 Å². The summed E-state index contributed by atoms with van der Waals surface area (Å²) in [6.45, 7) is 1.86. The first-order valence-electron chi connectivity index (χ1n) is 8.97. The van der Waals surface area contributed by atoms with Crippen LogP contribution in [0.15, 0.2) is 65.8 Å². The van der Waals surface area contributed by atoms with Crippen molar-refractivity contribution in [3.8, 4) is 0 Å². The highest BCUT2D eigenvalue weighted by Gasteiger charge is 2.25. The summed E-state index contributed by atoms with van der Waals surface area (Å²) in [5, 5.41) is 5.81. The molecule has 2 N–H and O–H groups in total. The Labute approximate surface area is 167 Å². The van der Waals surface area contributed by atoms with Gasteiger partial charge in [-0.2, -0.15) is 0 Å². The second-order valence-corrected chi connectivity index (χ2v) is 8.06. The molecule has 6 nitrogen and oxygen atoms in total. The molecule has 142 valence electrons. The first-order valence-corrected chi connectivity index (χ1v) is 9.85. The van der Waals surface area contributed by atoms with E-state index in [9.17, 15) is 9.59 Å². The molecule has 0 radical (unpaired) electrons. The lowest BCUT2D eigenvalue weighted by Gasteiger charge is -2.23. The Hall–Kier alpha value is -3.06. The zero-order chi connectivity index (χ0) is 19.7. The Morgan fingerprint density at radius 3 is 2.75 bits per heavy atom. The smallest absolute Gasteiger partial charge is 0.252 e. The SMILES string of the molecule is C[C@H]1Sc2ccc(C(=O)N[C@@H](c3ccccc3)c3nccn3C)cc2NC1=O. The molecule has 4 rings (SSSR count). The Kier molecular flexibility index (Phi) is 4.92. The number of aromatic nitrogens is 2. The van der Waals surface area contributed by atoms with Crippen LogP contribution in [0.4, 0.5) is 5.69 Å². The van der Waals surface area contributed by atoms with Crippen LogP contribution in [-0.2, 0) is 11.8 Å². The maximum atomic E-state index is 13.0. The molecule has 0 fully saturated rings. The largest absolute Gasteiger partial charge is 0.338 e. The predicted octanol–water partition coefficient (Wildman–Crippen LogP) is 3.37. The Morgan fingerprint density at radius 2 is 2.04 bits per heavy atom. The van der Waals surface area contributed by atoms with Gasteiger partial charge in [-0.05, 0) is 30.7 Å². The van der Waals surface area contributed by atoms with Crippen LogP contribution in [0.25, 0.3) is 0 Å². The molecule has 2 heterocycles. The normalized spacial score (nSPS) is 16.8. The summed E-state index contributed by atoms with van der Waals surface area (Å²) in [6.07, 6.45) is 3.56. The zero-order valence-electron chi connectivity index (χ0n) is 15.5. The molecule has 7 heteroatoms. The number of hydrogen-bond donors (Lipinski definition) is 2. The highest BCUT2D eigenvalue weighted by molar-refractivity contribution is 8.00. The van der Waals surface area contributed by atoms with E-state index in [1.54, 1.807) is 18.3 Å². The fourth-order valence-electron chi connectivity index (χ4n) is 3.16. The molecule has 0 spiro atoms. The average Bonchev–Trinajstić information content (AvgIpc) is 3.13. The number of imidazole rings is 1. The molecule has 1 aliphatic rings. The maximum absolute atomic E-state index is 13.0. The summed E-state index contributed by atoms with van der Waals surface area (Å²) in [5.41, 5.74) is 2.11. The average molecular weight is 392 g/mol. The second-order valence-electron chi connectivity index (χ2n) is 6.67. The number of aryl methyl sites for hydroxylation is 1. The predicted molar refractivity (Wildman–Crippen MR) is 109 cm³/mol. The van der Waals surface area contributed by atoms with Crippen molar-refractivity contribution in [2.75, 3.05) is 5.32 Å². The van der Waals surface area contributed by atoms with Crippen LogP contribution in [0.5, 0.6) is 0 Å². The molecule has 0 saturated heterocycles. The molecule has 1 aromatic heterocycles. The van der Waals surface area contributed by atoms with E-state index >= 15 is 0 Å². The Bertz CT molecular complexity index is 1030. The molecule has 2 atom stereocenters. The summed E-state index contributed by atoms with van der Waals surface area (Å²) in [5.74, 6) is 0.470. The fourth-order valence-corrected chi connectivity index (χ4v) is 4.09. The molecule has 0 saturated carbocycles. The number of nitrogens with zero attached hydrogens (tertiary/aromatic N) is 2. The quantitative estimate of drug-likeness (QED) is 0.714. The number of benzene rings is 2. The van der Waals surface area contributed by atoms with E-state index in [0.717, 1.165) is 16.3 Å². The van der Waals surface area contributed by atoms with Crippen LogP contribution >= 0.6 is 11.8 Å². The molecule has 0 bridgehead atoms. The van der Waals surface area contributed by atoms with Crippen LogP contribution in [-0.4, -0.2) is 26.6 Å². The Balaban J connectivity index is 1.63. The maximum Gasteiger partial charge on any atom is 0.252 e. The van der Waals surface area contributed by atoms with Crippen molar-refractivity contribution in [1.29, 1.82) is 0 Å². The molecular formula is C21H20N4O2S. The van der Waals surface area contributed by atoms with E-state index in [1.807, 2.05) is 61.1 Å². The van der Waals surface area contributed by atoms with Gasteiger partial charge in [-0.15, -0.1) is 11.8 Å². The first-order chi connectivity index (χ1) is 13.5.